The number of amides is 1. The molecule has 0 aliphatic heterocycles. The van der Waals surface area contributed by atoms with Crippen LogP contribution in [0.15, 0.2) is 84.9 Å². The SMILES string of the molecule is CCCCNC(=O)C(Cc1ccc(-c2ccccc2)cc1)CP(O)CCc1ccccc1. The number of hydrogen-bond acceptors (Lipinski definition) is 2. The third-order valence-electron chi connectivity index (χ3n) is 5.68. The van der Waals surface area contributed by atoms with Gasteiger partial charge in [-0.3, -0.25) is 4.79 Å². The van der Waals surface area contributed by atoms with E-state index in [1.54, 1.807) is 0 Å². The van der Waals surface area contributed by atoms with Crippen molar-refractivity contribution < 1.29 is 9.69 Å². The first-order chi connectivity index (χ1) is 15.7. The van der Waals surface area contributed by atoms with Crippen LogP contribution in [-0.4, -0.2) is 29.7 Å². The van der Waals surface area contributed by atoms with E-state index in [1.165, 1.54) is 16.7 Å². The van der Waals surface area contributed by atoms with Gasteiger partial charge in [-0.05, 0) is 47.7 Å². The summed E-state index contributed by atoms with van der Waals surface area (Å²) in [6.07, 6.45) is 4.80. The molecule has 3 rings (SSSR count). The van der Waals surface area contributed by atoms with Gasteiger partial charge in [0.25, 0.3) is 0 Å². The van der Waals surface area contributed by atoms with Crippen LogP contribution in [0.25, 0.3) is 11.1 Å². The maximum absolute atomic E-state index is 12.9. The molecule has 2 N–H and O–H groups in total. The Hall–Kier alpha value is -2.48. The van der Waals surface area contributed by atoms with Gasteiger partial charge in [-0.1, -0.05) is 98.3 Å². The van der Waals surface area contributed by atoms with Crippen LogP contribution in [0.1, 0.15) is 30.9 Å². The van der Waals surface area contributed by atoms with E-state index in [4.69, 9.17) is 0 Å². The summed E-state index contributed by atoms with van der Waals surface area (Å²) in [6, 6.07) is 29.0. The van der Waals surface area contributed by atoms with Gasteiger partial charge in [0.05, 0.1) is 0 Å². The fraction of sp³-hybridized carbons (Fsp3) is 0.321. The fourth-order valence-corrected chi connectivity index (χ4v) is 5.27. The molecule has 0 bridgehead atoms. The fourth-order valence-electron chi connectivity index (χ4n) is 3.77. The summed E-state index contributed by atoms with van der Waals surface area (Å²) < 4.78 is 0. The van der Waals surface area contributed by atoms with Crippen molar-refractivity contribution in [1.82, 2.24) is 5.32 Å². The predicted molar refractivity (Wildman–Crippen MR) is 136 cm³/mol. The second-order valence-electron chi connectivity index (χ2n) is 8.26. The molecule has 3 aromatic rings. The Balaban J connectivity index is 1.63. The Morgan fingerprint density at radius 3 is 2.16 bits per heavy atom. The molecule has 0 aliphatic rings. The van der Waals surface area contributed by atoms with Gasteiger partial charge in [-0.2, -0.15) is 0 Å². The van der Waals surface area contributed by atoms with Crippen molar-refractivity contribution in [2.75, 3.05) is 18.9 Å². The molecule has 0 heterocycles. The topological polar surface area (TPSA) is 49.3 Å². The normalized spacial score (nSPS) is 12.8. The highest BCUT2D eigenvalue weighted by molar-refractivity contribution is 7.51. The Morgan fingerprint density at radius 1 is 0.875 bits per heavy atom. The molecular formula is C28H34NO2P. The summed E-state index contributed by atoms with van der Waals surface area (Å²) in [6.45, 7) is 2.82. The van der Waals surface area contributed by atoms with Gasteiger partial charge in [-0.25, -0.2) is 0 Å². The number of nitrogens with one attached hydrogen (secondary N) is 1. The highest BCUT2D eigenvalue weighted by atomic mass is 31.1. The Morgan fingerprint density at radius 2 is 1.50 bits per heavy atom. The lowest BCUT2D eigenvalue weighted by molar-refractivity contribution is -0.124. The second kappa shape index (κ2) is 13.2. The third-order valence-corrected chi connectivity index (χ3v) is 7.28. The minimum atomic E-state index is -1.19. The number of benzene rings is 3. The molecule has 0 aliphatic carbocycles. The van der Waals surface area contributed by atoms with Gasteiger partial charge in [0, 0.05) is 26.8 Å². The zero-order valence-electron chi connectivity index (χ0n) is 18.9. The molecule has 2 atom stereocenters. The summed E-state index contributed by atoms with van der Waals surface area (Å²) in [5.74, 6) is -0.145. The van der Waals surface area contributed by atoms with Crippen LogP contribution in [0.2, 0.25) is 0 Å². The predicted octanol–water partition coefficient (Wildman–Crippen LogP) is 6.06. The van der Waals surface area contributed by atoms with Crippen molar-refractivity contribution in [2.24, 2.45) is 5.92 Å². The van der Waals surface area contributed by atoms with Crippen LogP contribution >= 0.6 is 8.15 Å². The monoisotopic (exact) mass is 447 g/mol. The average molecular weight is 448 g/mol. The first-order valence-electron chi connectivity index (χ1n) is 11.6. The molecule has 2 unspecified atom stereocenters. The first kappa shape index (κ1) is 24.2. The molecule has 0 spiro atoms. The largest absolute Gasteiger partial charge is 0.374 e. The molecule has 3 nitrogen and oxygen atoms in total. The smallest absolute Gasteiger partial charge is 0.223 e. The number of hydrogen-bond donors (Lipinski definition) is 2. The highest BCUT2D eigenvalue weighted by Crippen LogP contribution is 2.34. The van der Waals surface area contributed by atoms with Gasteiger partial charge in [0.15, 0.2) is 0 Å². The van der Waals surface area contributed by atoms with Crippen molar-refractivity contribution in [3.8, 4) is 11.1 Å². The number of rotatable bonds is 12. The van der Waals surface area contributed by atoms with E-state index in [0.717, 1.165) is 31.0 Å². The second-order valence-corrected chi connectivity index (χ2v) is 10.1. The molecule has 0 aromatic heterocycles. The van der Waals surface area contributed by atoms with Crippen molar-refractivity contribution >= 4 is 14.1 Å². The molecule has 168 valence electrons. The van der Waals surface area contributed by atoms with E-state index in [9.17, 15) is 9.69 Å². The summed E-state index contributed by atoms with van der Waals surface area (Å²) in [5, 5.41) is 3.08. The number of carbonyl (C=O) groups excluding carboxylic acids is 1. The van der Waals surface area contributed by atoms with Crippen LogP contribution in [0.5, 0.6) is 0 Å². The standard InChI is InChI=1S/C28H34NO2P/c1-2-3-19-29-28(30)27(22-32(31)20-18-23-10-6-4-7-11-23)21-24-14-16-26(17-15-24)25-12-8-5-9-13-25/h4-17,27,31H,2-3,18-22H2,1H3,(H,29,30). The van der Waals surface area contributed by atoms with E-state index in [2.05, 4.69) is 60.8 Å². The first-order valence-corrected chi connectivity index (χ1v) is 13.2. The molecule has 0 fully saturated rings. The summed E-state index contributed by atoms with van der Waals surface area (Å²) >= 11 is 0. The van der Waals surface area contributed by atoms with Crippen LogP contribution < -0.4 is 5.32 Å². The minimum absolute atomic E-state index is 0.0619. The zero-order valence-corrected chi connectivity index (χ0v) is 19.8. The lowest BCUT2D eigenvalue weighted by atomic mass is 9.97. The van der Waals surface area contributed by atoms with E-state index in [-0.39, 0.29) is 11.8 Å². The summed E-state index contributed by atoms with van der Waals surface area (Å²) in [7, 11) is -1.19. The molecule has 4 heteroatoms. The van der Waals surface area contributed by atoms with Crippen molar-refractivity contribution in [2.45, 2.75) is 32.6 Å². The molecule has 0 saturated carbocycles. The summed E-state index contributed by atoms with van der Waals surface area (Å²) in [5.41, 5.74) is 4.72. The Kier molecular flexibility index (Phi) is 9.94. The van der Waals surface area contributed by atoms with E-state index in [0.29, 0.717) is 19.1 Å². The number of aryl methyl sites for hydroxylation is 1. The maximum atomic E-state index is 12.9. The zero-order chi connectivity index (χ0) is 22.6. The van der Waals surface area contributed by atoms with Crippen molar-refractivity contribution in [3.63, 3.8) is 0 Å². The lowest BCUT2D eigenvalue weighted by Gasteiger charge is -2.20. The van der Waals surface area contributed by atoms with Crippen LogP contribution in [0.4, 0.5) is 0 Å². The molecular weight excluding hydrogens is 413 g/mol. The van der Waals surface area contributed by atoms with Crippen molar-refractivity contribution in [1.29, 1.82) is 0 Å². The van der Waals surface area contributed by atoms with Gasteiger partial charge >= 0.3 is 0 Å². The average Bonchev–Trinajstić information content (AvgIpc) is 2.84. The van der Waals surface area contributed by atoms with Gasteiger partial charge in [0.2, 0.25) is 5.91 Å². The number of unbranched alkanes of at least 4 members (excludes halogenated alkanes) is 1. The van der Waals surface area contributed by atoms with Crippen LogP contribution in [0, 0.1) is 5.92 Å². The molecule has 32 heavy (non-hydrogen) atoms. The van der Waals surface area contributed by atoms with Gasteiger partial charge in [-0.15, -0.1) is 0 Å². The van der Waals surface area contributed by atoms with Crippen LogP contribution in [-0.2, 0) is 17.6 Å². The van der Waals surface area contributed by atoms with E-state index in [1.807, 2.05) is 36.4 Å². The molecule has 0 saturated heterocycles. The molecule has 1 amide bonds. The van der Waals surface area contributed by atoms with Gasteiger partial charge < -0.3 is 10.2 Å². The minimum Gasteiger partial charge on any atom is -0.374 e. The number of carbonyl (C=O) groups is 1. The Labute approximate surface area is 193 Å². The molecule has 0 radical (unpaired) electrons. The highest BCUT2D eigenvalue weighted by Gasteiger charge is 2.22. The lowest BCUT2D eigenvalue weighted by Crippen LogP contribution is -2.34. The Bertz CT molecular complexity index is 929. The molecule has 3 aromatic carbocycles. The van der Waals surface area contributed by atoms with Crippen LogP contribution in [0.3, 0.4) is 0 Å². The third kappa shape index (κ3) is 7.89. The summed E-state index contributed by atoms with van der Waals surface area (Å²) in [4.78, 5) is 23.7. The van der Waals surface area contributed by atoms with Gasteiger partial charge in [0.1, 0.15) is 0 Å². The van der Waals surface area contributed by atoms with E-state index < -0.39 is 8.15 Å². The quantitative estimate of drug-likeness (QED) is 0.262. The maximum Gasteiger partial charge on any atom is 0.223 e. The van der Waals surface area contributed by atoms with Crippen molar-refractivity contribution in [3.05, 3.63) is 96.1 Å². The van der Waals surface area contributed by atoms with E-state index >= 15 is 0 Å².